The van der Waals surface area contributed by atoms with E-state index in [1.807, 2.05) is 0 Å². The number of imidazole rings is 1. The zero-order chi connectivity index (χ0) is 31.2. The third-order valence-electron chi connectivity index (χ3n) is 8.21. The van der Waals surface area contributed by atoms with Gasteiger partial charge >= 0.3 is 0 Å². The van der Waals surface area contributed by atoms with Gasteiger partial charge in [-0.05, 0) is 24.3 Å². The topological polar surface area (TPSA) is 142 Å². The van der Waals surface area contributed by atoms with Crippen LogP contribution in [-0.2, 0) is 24.1 Å². The average Bonchev–Trinajstić information content (AvgIpc) is 3.75. The maximum absolute atomic E-state index is 14.6. The fraction of sp³-hybridized carbons (Fsp3) is 0.312. The molecule has 2 N–H and O–H groups in total. The number of carbonyl (C=O) groups is 3. The number of furan rings is 1. The third-order valence-corrected chi connectivity index (χ3v) is 8.57. The molecule has 1 aliphatic heterocycles. The van der Waals surface area contributed by atoms with Gasteiger partial charge in [0.05, 0.1) is 39.6 Å². The summed E-state index contributed by atoms with van der Waals surface area (Å²) in [5.41, 5.74) is 0.165. The molecule has 11 nitrogen and oxygen atoms in total. The number of nitrogens with zero attached hydrogens (tertiary/aromatic N) is 1. The number of aromatic amines is 1. The molecule has 12 heteroatoms. The molecule has 0 radical (unpaired) electrons. The number of Topliss-reactive ketones (excluding diaryl/α,β-unsaturated/α-hetero) is 2. The summed E-state index contributed by atoms with van der Waals surface area (Å²) in [5, 5.41) is 2.96. The first kappa shape index (κ1) is 29.3. The number of nitrogens with one attached hydrogen (secondary N) is 2. The Labute approximate surface area is 257 Å². The fourth-order valence-corrected chi connectivity index (χ4v) is 6.22. The highest BCUT2D eigenvalue weighted by Crippen LogP contribution is 2.54. The van der Waals surface area contributed by atoms with E-state index < -0.39 is 23.1 Å². The number of halogens is 1. The van der Waals surface area contributed by atoms with E-state index in [9.17, 15) is 14.4 Å². The summed E-state index contributed by atoms with van der Waals surface area (Å²) in [6.07, 6.45) is 3.84. The van der Waals surface area contributed by atoms with Gasteiger partial charge in [-0.2, -0.15) is 0 Å². The van der Waals surface area contributed by atoms with Crippen LogP contribution in [0.15, 0.2) is 47.3 Å². The van der Waals surface area contributed by atoms with Crippen molar-refractivity contribution in [1.29, 1.82) is 0 Å². The Kier molecular flexibility index (Phi) is 7.58. The van der Waals surface area contributed by atoms with Crippen LogP contribution in [0, 0.1) is 5.92 Å². The van der Waals surface area contributed by atoms with Crippen LogP contribution in [0.25, 0.3) is 11.3 Å². The SMILES string of the molecule is COc1ccc(-c2oc3c(c2CC(=O)NCCc2cnc[nH]2)C(=O)C2(Oc4c(Cl)c(OC)cc(OC)c4C2=O)C(C)C3)cc1. The van der Waals surface area contributed by atoms with Gasteiger partial charge in [-0.3, -0.25) is 14.4 Å². The van der Waals surface area contributed by atoms with Gasteiger partial charge in [0.25, 0.3) is 0 Å². The van der Waals surface area contributed by atoms with E-state index in [2.05, 4.69) is 15.3 Å². The van der Waals surface area contributed by atoms with Crippen molar-refractivity contribution in [2.75, 3.05) is 27.9 Å². The maximum atomic E-state index is 14.6. The highest BCUT2D eigenvalue weighted by Gasteiger charge is 2.63. The van der Waals surface area contributed by atoms with Gasteiger partial charge in [-0.25, -0.2) is 4.98 Å². The molecule has 0 saturated carbocycles. The van der Waals surface area contributed by atoms with E-state index in [0.29, 0.717) is 41.4 Å². The number of H-pyrrole nitrogens is 1. The number of fused-ring (bicyclic) bond motifs is 2. The molecule has 44 heavy (non-hydrogen) atoms. The molecule has 1 spiro atoms. The van der Waals surface area contributed by atoms with Gasteiger partial charge in [-0.15, -0.1) is 0 Å². The maximum Gasteiger partial charge on any atom is 0.237 e. The number of hydrogen-bond donors (Lipinski definition) is 2. The molecule has 0 fully saturated rings. The zero-order valence-corrected chi connectivity index (χ0v) is 25.3. The fourth-order valence-electron chi connectivity index (χ4n) is 5.96. The molecule has 2 unspecified atom stereocenters. The lowest BCUT2D eigenvalue weighted by Gasteiger charge is -2.35. The molecule has 0 saturated heterocycles. The largest absolute Gasteiger partial charge is 0.497 e. The molecule has 4 aromatic rings. The van der Waals surface area contributed by atoms with Crippen molar-refractivity contribution in [3.63, 3.8) is 0 Å². The molecular formula is C32H30ClN3O8. The van der Waals surface area contributed by atoms with Crippen molar-refractivity contribution in [2.45, 2.75) is 31.8 Å². The van der Waals surface area contributed by atoms with Gasteiger partial charge in [0.15, 0.2) is 5.75 Å². The highest BCUT2D eigenvalue weighted by molar-refractivity contribution is 6.36. The van der Waals surface area contributed by atoms with E-state index in [0.717, 1.165) is 5.69 Å². The minimum Gasteiger partial charge on any atom is -0.497 e. The quantitative estimate of drug-likeness (QED) is 0.256. The first-order chi connectivity index (χ1) is 21.2. The second-order valence-electron chi connectivity index (χ2n) is 10.7. The van der Waals surface area contributed by atoms with E-state index in [-0.39, 0.29) is 52.1 Å². The summed E-state index contributed by atoms with van der Waals surface area (Å²) >= 11 is 6.58. The van der Waals surface area contributed by atoms with E-state index in [1.54, 1.807) is 50.8 Å². The van der Waals surface area contributed by atoms with Crippen molar-refractivity contribution in [3.05, 3.63) is 76.0 Å². The number of hydrogen-bond acceptors (Lipinski definition) is 9. The average molecular weight is 620 g/mol. The molecule has 0 bridgehead atoms. The predicted octanol–water partition coefficient (Wildman–Crippen LogP) is 4.64. The van der Waals surface area contributed by atoms with Gasteiger partial charge in [-0.1, -0.05) is 18.5 Å². The van der Waals surface area contributed by atoms with Gasteiger partial charge in [0, 0.05) is 54.4 Å². The minimum atomic E-state index is -1.94. The molecule has 2 atom stereocenters. The Morgan fingerprint density at radius 3 is 2.48 bits per heavy atom. The molecule has 3 heterocycles. The molecular weight excluding hydrogens is 590 g/mol. The van der Waals surface area contributed by atoms with Crippen LogP contribution >= 0.6 is 11.6 Å². The number of carbonyl (C=O) groups excluding carboxylic acids is 3. The molecule has 228 valence electrons. The second-order valence-corrected chi connectivity index (χ2v) is 11.1. The van der Waals surface area contributed by atoms with Gasteiger partial charge < -0.3 is 33.7 Å². The van der Waals surface area contributed by atoms with Crippen LogP contribution in [0.4, 0.5) is 0 Å². The van der Waals surface area contributed by atoms with Crippen LogP contribution < -0.4 is 24.3 Å². The van der Waals surface area contributed by atoms with E-state index in [1.165, 1.54) is 20.3 Å². The lowest BCUT2D eigenvalue weighted by molar-refractivity contribution is -0.120. The van der Waals surface area contributed by atoms with Crippen molar-refractivity contribution in [1.82, 2.24) is 15.3 Å². The summed E-state index contributed by atoms with van der Waals surface area (Å²) in [7, 11) is 4.40. The van der Waals surface area contributed by atoms with Crippen molar-refractivity contribution in [2.24, 2.45) is 5.92 Å². The van der Waals surface area contributed by atoms with Crippen LogP contribution in [0.5, 0.6) is 23.0 Å². The molecule has 1 aliphatic carbocycles. The Bertz CT molecular complexity index is 1760. The summed E-state index contributed by atoms with van der Waals surface area (Å²) in [5.74, 6) is -0.323. The Balaban J connectivity index is 1.42. The summed E-state index contributed by atoms with van der Waals surface area (Å²) in [6, 6.07) is 8.59. The number of amides is 1. The van der Waals surface area contributed by atoms with Gasteiger partial charge in [0.1, 0.15) is 39.4 Å². The number of aromatic nitrogens is 2. The molecule has 2 aromatic carbocycles. The number of benzene rings is 2. The second kappa shape index (κ2) is 11.4. The Hall–Kier alpha value is -4.77. The Morgan fingerprint density at radius 1 is 1.09 bits per heavy atom. The zero-order valence-electron chi connectivity index (χ0n) is 24.5. The monoisotopic (exact) mass is 619 g/mol. The van der Waals surface area contributed by atoms with E-state index >= 15 is 0 Å². The molecule has 1 amide bonds. The first-order valence-corrected chi connectivity index (χ1v) is 14.4. The molecule has 2 aromatic heterocycles. The normalized spacial score (nSPS) is 18.5. The first-order valence-electron chi connectivity index (χ1n) is 14.0. The third kappa shape index (κ3) is 4.59. The van der Waals surface area contributed by atoms with E-state index in [4.69, 9.17) is 35.0 Å². The van der Waals surface area contributed by atoms with Gasteiger partial charge in [0.2, 0.25) is 23.1 Å². The number of ether oxygens (including phenoxy) is 4. The molecule has 2 aliphatic rings. The highest BCUT2D eigenvalue weighted by atomic mass is 35.5. The molecule has 6 rings (SSSR count). The lowest BCUT2D eigenvalue weighted by atomic mass is 9.70. The number of methoxy groups -OCH3 is 3. The van der Waals surface area contributed by atoms with Crippen LogP contribution in [0.2, 0.25) is 5.02 Å². The smallest absolute Gasteiger partial charge is 0.237 e. The van der Waals surface area contributed by atoms with Crippen LogP contribution in [-0.4, -0.2) is 60.9 Å². The van der Waals surface area contributed by atoms with Crippen LogP contribution in [0.3, 0.4) is 0 Å². The Morgan fingerprint density at radius 2 is 1.82 bits per heavy atom. The number of rotatable bonds is 9. The van der Waals surface area contributed by atoms with Crippen LogP contribution in [0.1, 0.15) is 44.7 Å². The summed E-state index contributed by atoms with van der Waals surface area (Å²) in [4.78, 5) is 49.1. The van der Waals surface area contributed by atoms with Crippen molar-refractivity contribution in [3.8, 4) is 34.3 Å². The lowest BCUT2D eigenvalue weighted by Crippen LogP contribution is -2.56. The van der Waals surface area contributed by atoms with Crippen molar-refractivity contribution >= 4 is 29.1 Å². The minimum absolute atomic E-state index is 0.0217. The predicted molar refractivity (Wildman–Crippen MR) is 159 cm³/mol. The summed E-state index contributed by atoms with van der Waals surface area (Å²) < 4.78 is 28.8. The number of ketones is 2. The standard InChI is InChI=1S/C32H30ClN3O8/c1-16-11-22-25(30(38)32(16)31(39)26-21(41-3)13-23(42-4)27(33)29(26)44-32)20(12-24(37)35-10-9-18-14-34-15-36-18)28(43-22)17-5-7-19(40-2)8-6-17/h5-8,13-16H,9-12H2,1-4H3,(H,34,36)(H,35,37). The summed E-state index contributed by atoms with van der Waals surface area (Å²) in [6.45, 7) is 2.10. The van der Waals surface area contributed by atoms with Crippen molar-refractivity contribution < 1.29 is 37.7 Å².